The zero-order valence-electron chi connectivity index (χ0n) is 34.7. The molecule has 62 heavy (non-hydrogen) atoms. The Hall–Kier alpha value is -7.48. The molecule has 0 saturated carbocycles. The zero-order chi connectivity index (χ0) is 41.3. The summed E-state index contributed by atoms with van der Waals surface area (Å²) in [5, 5.41) is 2.54. The summed E-state index contributed by atoms with van der Waals surface area (Å²) >= 11 is 0. The third kappa shape index (κ3) is 5.03. The lowest BCUT2D eigenvalue weighted by Crippen LogP contribution is -2.47. The van der Waals surface area contributed by atoms with Crippen LogP contribution in [0.25, 0.3) is 27.5 Å². The van der Waals surface area contributed by atoms with Gasteiger partial charge >= 0.3 is 0 Å². The maximum atomic E-state index is 2.62. The Kier molecular flexibility index (Phi) is 8.24. The molecule has 0 radical (unpaired) electrons. The summed E-state index contributed by atoms with van der Waals surface area (Å²) in [6, 6.07) is 83.9. The van der Waals surface area contributed by atoms with E-state index in [1.54, 1.807) is 0 Å². The minimum Gasteiger partial charge on any atom is -0.331 e. The maximum Gasteiger partial charge on any atom is 0.0728 e. The highest BCUT2D eigenvalue weighted by atomic mass is 15.2. The Morgan fingerprint density at radius 1 is 0.403 bits per heavy atom. The molecule has 9 aromatic carbocycles. The molecule has 0 fully saturated rings. The van der Waals surface area contributed by atoms with E-state index in [0.29, 0.717) is 0 Å². The molecule has 0 saturated heterocycles. The zero-order valence-corrected chi connectivity index (χ0v) is 34.7. The summed E-state index contributed by atoms with van der Waals surface area (Å²) in [7, 11) is 0. The topological polar surface area (TPSA) is 3.24 Å². The molecule has 0 N–H and O–H groups in total. The highest BCUT2D eigenvalue weighted by Crippen LogP contribution is 2.66. The van der Waals surface area contributed by atoms with E-state index in [1.165, 1.54) is 83.2 Å². The lowest BCUT2D eigenvalue weighted by molar-refractivity contribution is 0.563. The second-order valence-electron chi connectivity index (χ2n) is 17.3. The Balaban J connectivity index is 1.15. The first kappa shape index (κ1) is 36.4. The third-order valence-electron chi connectivity index (χ3n) is 14.1. The van der Waals surface area contributed by atoms with Crippen molar-refractivity contribution < 1.29 is 0 Å². The molecule has 12 rings (SSSR count). The van der Waals surface area contributed by atoms with Crippen LogP contribution in [0.2, 0.25) is 0 Å². The van der Waals surface area contributed by atoms with Gasteiger partial charge in [0.05, 0.1) is 16.4 Å². The highest BCUT2D eigenvalue weighted by molar-refractivity contribution is 5.97. The van der Waals surface area contributed by atoms with Crippen molar-refractivity contribution in [1.29, 1.82) is 0 Å². The number of fused-ring (bicyclic) bond motifs is 6. The Labute approximate surface area is 364 Å². The van der Waals surface area contributed by atoms with Crippen molar-refractivity contribution in [3.05, 3.63) is 293 Å². The lowest BCUT2D eigenvalue weighted by Gasteiger charge is -2.51. The molecule has 0 aliphatic heterocycles. The number of hydrogen-bond acceptors (Lipinski definition) is 1. The van der Waals surface area contributed by atoms with Crippen molar-refractivity contribution in [2.45, 2.75) is 29.7 Å². The predicted molar refractivity (Wildman–Crippen MR) is 258 cm³/mol. The molecule has 1 nitrogen and oxygen atoms in total. The number of benzene rings is 9. The predicted octanol–water partition coefficient (Wildman–Crippen LogP) is 14.8. The second kappa shape index (κ2) is 14.0. The highest BCUT2D eigenvalue weighted by Gasteiger charge is 2.58. The van der Waals surface area contributed by atoms with Gasteiger partial charge in [-0.25, -0.2) is 0 Å². The van der Waals surface area contributed by atoms with E-state index < -0.39 is 16.4 Å². The minimum absolute atomic E-state index is 0.403. The van der Waals surface area contributed by atoms with Crippen LogP contribution in [0, 0.1) is 0 Å². The van der Waals surface area contributed by atoms with Crippen molar-refractivity contribution in [2.24, 2.45) is 0 Å². The van der Waals surface area contributed by atoms with Gasteiger partial charge in [-0.1, -0.05) is 224 Å². The van der Waals surface area contributed by atoms with Crippen molar-refractivity contribution in [1.82, 2.24) is 0 Å². The van der Waals surface area contributed by atoms with Crippen LogP contribution in [0.1, 0.15) is 63.4 Å². The third-order valence-corrected chi connectivity index (χ3v) is 14.1. The van der Waals surface area contributed by atoms with Crippen LogP contribution < -0.4 is 4.90 Å². The molecule has 294 valence electrons. The van der Waals surface area contributed by atoms with Gasteiger partial charge in [0.25, 0.3) is 0 Å². The summed E-state index contributed by atoms with van der Waals surface area (Å²) in [6.45, 7) is 2.41. The van der Waals surface area contributed by atoms with Gasteiger partial charge in [-0.2, -0.15) is 0 Å². The molecule has 3 atom stereocenters. The number of hydrogen-bond donors (Lipinski definition) is 0. The van der Waals surface area contributed by atoms with Gasteiger partial charge in [-0.3, -0.25) is 0 Å². The fourth-order valence-corrected chi connectivity index (χ4v) is 11.7. The largest absolute Gasteiger partial charge is 0.331 e. The molecule has 3 aliphatic carbocycles. The number of allylic oxidation sites excluding steroid dienone is 2. The lowest BCUT2D eigenvalue weighted by atomic mass is 9.51. The monoisotopic (exact) mass is 791 g/mol. The number of nitrogens with zero attached hydrogens (tertiary/aromatic N) is 1. The summed E-state index contributed by atoms with van der Waals surface area (Å²) in [4.78, 5) is 2.62. The van der Waals surface area contributed by atoms with Gasteiger partial charge in [0, 0.05) is 11.4 Å². The molecule has 3 unspecified atom stereocenters. The molecule has 0 heterocycles. The van der Waals surface area contributed by atoms with Crippen LogP contribution in [0.3, 0.4) is 0 Å². The van der Waals surface area contributed by atoms with Crippen molar-refractivity contribution in [2.75, 3.05) is 4.90 Å². The molecule has 3 aliphatic rings. The van der Waals surface area contributed by atoms with Gasteiger partial charge in [0.15, 0.2) is 0 Å². The average Bonchev–Trinajstić information content (AvgIpc) is 3.65. The fourth-order valence-electron chi connectivity index (χ4n) is 11.7. The Morgan fingerprint density at radius 3 is 1.65 bits per heavy atom. The first-order valence-corrected chi connectivity index (χ1v) is 21.9. The molecule has 9 aromatic rings. The van der Waals surface area contributed by atoms with E-state index >= 15 is 0 Å². The molecule has 0 aromatic heterocycles. The Morgan fingerprint density at radius 2 is 0.919 bits per heavy atom. The van der Waals surface area contributed by atoms with Gasteiger partial charge < -0.3 is 4.90 Å². The van der Waals surface area contributed by atoms with Crippen molar-refractivity contribution in [3.8, 4) is 11.1 Å². The van der Waals surface area contributed by atoms with Gasteiger partial charge in [-0.15, -0.1) is 0 Å². The molecular formula is C61H45N. The van der Waals surface area contributed by atoms with Crippen LogP contribution in [0.4, 0.5) is 11.4 Å². The van der Waals surface area contributed by atoms with E-state index in [1.807, 2.05) is 0 Å². The molecule has 0 spiro atoms. The average molecular weight is 792 g/mol. The van der Waals surface area contributed by atoms with Crippen LogP contribution in [0.5, 0.6) is 0 Å². The normalized spacial score (nSPS) is 20.5. The SMILES string of the molecule is CC1(N(c2ccccc2)c2ccccc2C2(c3ccccc3)c3ccccc3C3(c4ccccc4)c4ccccc4-c4cccc2c43)C=CC(c2cccc3ccccc23)=CC1. The molecule has 0 amide bonds. The van der Waals surface area contributed by atoms with Gasteiger partial charge in [-0.05, 0) is 109 Å². The summed E-state index contributed by atoms with van der Waals surface area (Å²) in [6.07, 6.45) is 8.10. The van der Waals surface area contributed by atoms with E-state index in [-0.39, 0.29) is 0 Å². The van der Waals surface area contributed by atoms with Crippen LogP contribution in [-0.2, 0) is 10.8 Å². The van der Waals surface area contributed by atoms with Crippen LogP contribution in [-0.4, -0.2) is 5.54 Å². The first-order chi connectivity index (χ1) is 30.6. The number of para-hydroxylation sites is 2. The van der Waals surface area contributed by atoms with E-state index in [9.17, 15) is 0 Å². The Bertz CT molecular complexity index is 3230. The second-order valence-corrected chi connectivity index (χ2v) is 17.3. The minimum atomic E-state index is -0.689. The smallest absolute Gasteiger partial charge is 0.0728 e. The number of rotatable bonds is 7. The molecule has 1 heteroatoms. The van der Waals surface area contributed by atoms with Crippen LogP contribution in [0.15, 0.2) is 243 Å². The van der Waals surface area contributed by atoms with Crippen molar-refractivity contribution in [3.63, 3.8) is 0 Å². The summed E-state index contributed by atoms with van der Waals surface area (Å²) in [5.74, 6) is 0. The quantitative estimate of drug-likeness (QED) is 0.155. The van der Waals surface area contributed by atoms with Crippen molar-refractivity contribution >= 4 is 27.7 Å². The molecular weight excluding hydrogens is 747 g/mol. The summed E-state index contributed by atoms with van der Waals surface area (Å²) < 4.78 is 0. The maximum absolute atomic E-state index is 2.62. The van der Waals surface area contributed by atoms with Crippen LogP contribution >= 0.6 is 0 Å². The van der Waals surface area contributed by atoms with Gasteiger partial charge in [0.1, 0.15) is 0 Å². The van der Waals surface area contributed by atoms with Gasteiger partial charge in [0.2, 0.25) is 0 Å². The summed E-state index contributed by atoms with van der Waals surface area (Å²) in [5.41, 5.74) is 16.4. The fraction of sp³-hybridized carbons (Fsp3) is 0.0820. The van der Waals surface area contributed by atoms with E-state index in [4.69, 9.17) is 0 Å². The number of anilines is 2. The van der Waals surface area contributed by atoms with E-state index in [2.05, 4.69) is 255 Å². The first-order valence-electron chi connectivity index (χ1n) is 21.9. The molecule has 0 bridgehead atoms. The van der Waals surface area contributed by atoms with E-state index in [0.717, 1.165) is 12.1 Å². The standard InChI is InChI=1S/C61H45N/c1-59(41-39-44(40-42-59)49-31-19-22-43-21-11-12-29-48(43)49)62(47-27-9-4-10-28-47)57-38-18-17-36-55(57)60(45-23-5-2-6-24-45)53-34-15-16-35-54(53)61(46-25-7-3-8-26-46)52-33-14-13-30-50(52)51-32-20-37-56(60)58(51)61/h2-41H,42H2,1H3.